The second-order valence-electron chi connectivity index (χ2n) is 2.92. The van der Waals surface area contributed by atoms with Crippen LogP contribution in [-0.4, -0.2) is 31.1 Å². The third-order valence-corrected chi connectivity index (χ3v) is 1.97. The molecule has 0 N–H and O–H groups in total. The molecule has 0 radical (unpaired) electrons. The molecule has 80 valence electrons. The molecule has 2 rings (SSSR count). The van der Waals surface area contributed by atoms with Crippen LogP contribution in [0.15, 0.2) is 24.3 Å². The molecule has 5 nitrogen and oxygen atoms in total. The Labute approximate surface area is 93.0 Å². The topological polar surface area (TPSA) is 55.6 Å². The van der Waals surface area contributed by atoms with Gasteiger partial charge >= 0.3 is 0 Å². The molecule has 0 amide bonds. The highest BCUT2D eigenvalue weighted by atomic mass is 16.6. The van der Waals surface area contributed by atoms with Crippen molar-refractivity contribution >= 4 is 11.4 Å². The van der Waals surface area contributed by atoms with E-state index in [4.69, 9.17) is 10.2 Å². The van der Waals surface area contributed by atoms with Crippen LogP contribution in [0.2, 0.25) is 0 Å². The van der Waals surface area contributed by atoms with E-state index >= 15 is 0 Å². The van der Waals surface area contributed by atoms with Gasteiger partial charge in [0.2, 0.25) is 0 Å². The van der Waals surface area contributed by atoms with E-state index in [-0.39, 0.29) is 24.6 Å². The Morgan fingerprint density at radius 2 is 1.93 bits per heavy atom. The largest absolute Gasteiger partial charge is 0.378 e. The van der Waals surface area contributed by atoms with Crippen LogP contribution in [0.5, 0.6) is 0 Å². The fourth-order valence-electron chi connectivity index (χ4n) is 1.23. The van der Waals surface area contributed by atoms with Crippen molar-refractivity contribution in [1.82, 2.24) is 0 Å². The molecule has 1 saturated heterocycles. The molecule has 1 fully saturated rings. The molecule has 0 aliphatic carbocycles. The molecule has 0 aromatic heterocycles. The Morgan fingerprint density at radius 3 is 2.47 bits per heavy atom. The molecule has 5 heteroatoms. The van der Waals surface area contributed by atoms with Crippen molar-refractivity contribution in [3.63, 3.8) is 0 Å². The molecule has 0 atom stereocenters. The fourth-order valence-corrected chi connectivity index (χ4v) is 1.23. The number of anilines is 1. The number of nitro benzene ring substituents is 1. The van der Waals surface area contributed by atoms with Crippen molar-refractivity contribution in [3.8, 4) is 0 Å². The van der Waals surface area contributed by atoms with Gasteiger partial charge in [0.1, 0.15) is 0 Å². The van der Waals surface area contributed by atoms with Crippen molar-refractivity contribution in [2.75, 3.05) is 31.1 Å². The van der Waals surface area contributed by atoms with Gasteiger partial charge in [0.05, 0.1) is 23.6 Å². The van der Waals surface area contributed by atoms with Gasteiger partial charge in [-0.25, -0.2) is 0 Å². The van der Waals surface area contributed by atoms with Crippen molar-refractivity contribution < 1.29 is 15.1 Å². The SMILES string of the molecule is [2H]C1([2H])COCC([2H])([2H])N1c1ccc([N+](=O)[O-])cc1. The highest BCUT2D eigenvalue weighted by Gasteiger charge is 2.12. The summed E-state index contributed by atoms with van der Waals surface area (Å²) >= 11 is 0. The second kappa shape index (κ2) is 4.27. The van der Waals surface area contributed by atoms with Crippen LogP contribution in [0.1, 0.15) is 5.48 Å². The van der Waals surface area contributed by atoms with Gasteiger partial charge in [-0.3, -0.25) is 10.1 Å². The Balaban J connectivity index is 2.39. The molecule has 15 heavy (non-hydrogen) atoms. The summed E-state index contributed by atoms with van der Waals surface area (Å²) in [5, 5.41) is 10.6. The minimum atomic E-state index is -2.02. The first-order valence-corrected chi connectivity index (χ1v) is 4.37. The van der Waals surface area contributed by atoms with Crippen molar-refractivity contribution in [2.45, 2.75) is 0 Å². The van der Waals surface area contributed by atoms with E-state index in [1.165, 1.54) is 24.3 Å². The summed E-state index contributed by atoms with van der Waals surface area (Å²) in [6.07, 6.45) is 0. The number of ether oxygens (including phenoxy) is 1. The zero-order valence-electron chi connectivity index (χ0n) is 11.8. The summed E-state index contributed by atoms with van der Waals surface area (Å²) in [5.74, 6) is 0. The van der Waals surface area contributed by atoms with E-state index in [2.05, 4.69) is 0 Å². The summed E-state index contributed by atoms with van der Waals surface area (Å²) < 4.78 is 36.1. The number of hydrogen-bond donors (Lipinski definition) is 0. The lowest BCUT2D eigenvalue weighted by atomic mass is 10.2. The first-order chi connectivity index (χ1) is 8.74. The van der Waals surface area contributed by atoms with E-state index in [9.17, 15) is 10.1 Å². The lowest BCUT2D eigenvalue weighted by Crippen LogP contribution is -2.36. The number of non-ortho nitro benzene ring substituents is 1. The Bertz CT molecular complexity index is 476. The van der Waals surface area contributed by atoms with Gasteiger partial charge in [0.15, 0.2) is 0 Å². The third-order valence-electron chi connectivity index (χ3n) is 1.97. The van der Waals surface area contributed by atoms with Gasteiger partial charge in [-0.05, 0) is 12.1 Å². The highest BCUT2D eigenvalue weighted by molar-refractivity contribution is 5.51. The Morgan fingerprint density at radius 1 is 1.33 bits per heavy atom. The average Bonchev–Trinajstić information content (AvgIpc) is 2.27. The first-order valence-electron chi connectivity index (χ1n) is 6.37. The number of rotatable bonds is 2. The molecule has 1 aliphatic rings. The minimum Gasteiger partial charge on any atom is -0.378 e. The number of morpholine rings is 1. The number of hydrogen-bond acceptors (Lipinski definition) is 4. The summed E-state index contributed by atoms with van der Waals surface area (Å²) in [6.45, 7) is -4.55. The van der Waals surface area contributed by atoms with E-state index < -0.39 is 17.9 Å². The molecule has 1 aromatic rings. The van der Waals surface area contributed by atoms with Gasteiger partial charge < -0.3 is 9.64 Å². The van der Waals surface area contributed by atoms with Crippen molar-refractivity contribution in [1.29, 1.82) is 0 Å². The lowest BCUT2D eigenvalue weighted by Gasteiger charge is -2.28. The fraction of sp³-hybridized carbons (Fsp3) is 0.400. The maximum Gasteiger partial charge on any atom is 0.269 e. The summed E-state index contributed by atoms with van der Waals surface area (Å²) in [4.78, 5) is 11.0. The smallest absolute Gasteiger partial charge is 0.269 e. The zero-order valence-corrected chi connectivity index (χ0v) is 7.84. The molecule has 1 aliphatic heterocycles. The molecular weight excluding hydrogens is 196 g/mol. The van der Waals surface area contributed by atoms with Crippen molar-refractivity contribution in [3.05, 3.63) is 34.4 Å². The monoisotopic (exact) mass is 212 g/mol. The third kappa shape index (κ3) is 2.24. The number of nitro groups is 1. The molecular formula is C10H12N2O3. The predicted molar refractivity (Wildman–Crippen MR) is 56.1 cm³/mol. The van der Waals surface area contributed by atoms with Gasteiger partial charge in [0.25, 0.3) is 5.69 Å². The normalized spacial score (nSPS) is 27.1. The first kappa shape index (κ1) is 6.07. The van der Waals surface area contributed by atoms with Gasteiger partial charge in [0, 0.05) is 30.8 Å². The standard InChI is InChI=1S/C10H12N2O3/c13-12(14)10-3-1-9(2-4-10)11-5-7-15-8-6-11/h1-4H,5-8H2/i5D2,6D2. The molecule has 1 heterocycles. The summed E-state index contributed by atoms with van der Waals surface area (Å²) in [5.41, 5.74) is 0.113. The van der Waals surface area contributed by atoms with Crippen LogP contribution in [0.4, 0.5) is 11.4 Å². The zero-order chi connectivity index (χ0) is 14.3. The van der Waals surface area contributed by atoms with Crippen LogP contribution in [0.3, 0.4) is 0 Å². The van der Waals surface area contributed by atoms with Gasteiger partial charge in [-0.15, -0.1) is 0 Å². The molecule has 0 unspecified atom stereocenters. The summed E-state index contributed by atoms with van der Waals surface area (Å²) in [6, 6.07) is 5.10. The maximum absolute atomic E-state index is 10.6. The molecule has 1 aromatic carbocycles. The number of benzene rings is 1. The lowest BCUT2D eigenvalue weighted by molar-refractivity contribution is -0.384. The van der Waals surface area contributed by atoms with Crippen LogP contribution in [0, 0.1) is 10.1 Å². The van der Waals surface area contributed by atoms with Crippen LogP contribution >= 0.6 is 0 Å². The number of nitrogens with zero attached hydrogens (tertiary/aromatic N) is 2. The van der Waals surface area contributed by atoms with E-state index in [0.29, 0.717) is 0 Å². The van der Waals surface area contributed by atoms with Crippen LogP contribution < -0.4 is 4.90 Å². The van der Waals surface area contributed by atoms with Crippen molar-refractivity contribution in [2.24, 2.45) is 0 Å². The molecule has 0 bridgehead atoms. The predicted octanol–water partition coefficient (Wildman–Crippen LogP) is 1.43. The highest BCUT2D eigenvalue weighted by Crippen LogP contribution is 2.19. The molecule has 0 spiro atoms. The van der Waals surface area contributed by atoms with Crippen LogP contribution in [-0.2, 0) is 4.74 Å². The average molecular weight is 212 g/mol. The summed E-state index contributed by atoms with van der Waals surface area (Å²) in [7, 11) is 0. The Kier molecular flexibility index (Phi) is 1.73. The van der Waals surface area contributed by atoms with Gasteiger partial charge in [-0.1, -0.05) is 0 Å². The molecule has 0 saturated carbocycles. The Hall–Kier alpha value is -1.62. The second-order valence-corrected chi connectivity index (χ2v) is 2.92. The maximum atomic E-state index is 10.6. The van der Waals surface area contributed by atoms with E-state index in [0.717, 1.165) is 4.90 Å². The van der Waals surface area contributed by atoms with Crippen LogP contribution in [0.25, 0.3) is 0 Å². The van der Waals surface area contributed by atoms with Gasteiger partial charge in [-0.2, -0.15) is 0 Å². The quantitative estimate of drug-likeness (QED) is 0.549. The van der Waals surface area contributed by atoms with E-state index in [1.807, 2.05) is 0 Å². The minimum absolute atomic E-state index is 0.127. The van der Waals surface area contributed by atoms with E-state index in [1.54, 1.807) is 0 Å².